The van der Waals surface area contributed by atoms with Gasteiger partial charge in [0.15, 0.2) is 0 Å². The Hall–Kier alpha value is -0.657. The van der Waals surface area contributed by atoms with Gasteiger partial charge in [-0.1, -0.05) is 54.9 Å². The number of aromatic nitrogens is 3. The van der Waals surface area contributed by atoms with Crippen LogP contribution in [0.25, 0.3) is 0 Å². The Morgan fingerprint density at radius 1 is 0.881 bits per heavy atom. The Kier molecular flexibility index (Phi) is 31.8. The molecule has 1 aromatic heterocycles. The summed E-state index contributed by atoms with van der Waals surface area (Å²) in [5.74, 6) is 1.05. The number of nitrogens with zero attached hydrogens (tertiary/aromatic N) is 7. The summed E-state index contributed by atoms with van der Waals surface area (Å²) in [6.07, 6.45) is 8.03. The SMILES string of the molecule is C.C=NC#N.COC(C)(C)[C@H]1CN(C2CCN(c3n[nH]c(N)n3)CC2)C(Cc2ccc(Cl)cc2)CO1.COC(C)(C)[C@H]1CN(C2CCNCC2)C(Cc2ccc(Cl)cc2)CO1.O=CO[O-].[H-].[K+].[K+]. The monoisotopic (exact) mass is 1020 g/mol. The van der Waals surface area contributed by atoms with E-state index in [2.05, 4.69) is 104 Å². The molecule has 4 aliphatic heterocycles. The molecule has 5 heterocycles. The third-order valence-corrected chi connectivity index (χ3v) is 13.1. The summed E-state index contributed by atoms with van der Waals surface area (Å²) in [5, 5.41) is 27.8. The molecule has 7 rings (SSSR count). The van der Waals surface area contributed by atoms with Crippen LogP contribution in [0.1, 0.15) is 73.4 Å². The predicted molar refractivity (Wildman–Crippen MR) is 255 cm³/mol. The van der Waals surface area contributed by atoms with Crippen molar-refractivity contribution in [3.63, 3.8) is 0 Å². The summed E-state index contributed by atoms with van der Waals surface area (Å²) in [4.78, 5) is 25.9. The van der Waals surface area contributed by atoms with Gasteiger partial charge in [-0.3, -0.25) is 14.6 Å². The van der Waals surface area contributed by atoms with Gasteiger partial charge < -0.3 is 46.5 Å². The van der Waals surface area contributed by atoms with Crippen LogP contribution in [0.2, 0.25) is 10.0 Å². The van der Waals surface area contributed by atoms with Crippen molar-refractivity contribution in [2.45, 2.75) is 121 Å². The molecule has 0 bridgehead atoms. The molecule has 0 amide bonds. The number of piperidine rings is 2. The van der Waals surface area contributed by atoms with E-state index in [0.717, 1.165) is 81.6 Å². The summed E-state index contributed by atoms with van der Waals surface area (Å²) < 4.78 is 24.0. The molecule has 4 aliphatic rings. The van der Waals surface area contributed by atoms with Crippen molar-refractivity contribution in [1.82, 2.24) is 30.3 Å². The molecular formula is C46H72Cl2K2N10O7. The predicted octanol–water partition coefficient (Wildman–Crippen LogP) is -0.766. The number of halogens is 2. The van der Waals surface area contributed by atoms with Crippen molar-refractivity contribution < 1.29 is 138 Å². The molecule has 0 spiro atoms. The number of nitrogen functional groups attached to an aromatic ring is 1. The maximum absolute atomic E-state index is 8.64. The number of hydrogen-bond donors (Lipinski definition) is 3. The Labute approximate surface area is 495 Å². The summed E-state index contributed by atoms with van der Waals surface area (Å²) in [5.41, 5.74) is 7.70. The molecule has 21 heteroatoms. The summed E-state index contributed by atoms with van der Waals surface area (Å²) in [6, 6.07) is 18.2. The number of carbonyl (C=O) groups excluding carboxylic acids is 1. The smallest absolute Gasteiger partial charge is 1.00 e. The Bertz CT molecular complexity index is 1870. The number of nitrogens with one attached hydrogen (secondary N) is 2. The van der Waals surface area contributed by atoms with Gasteiger partial charge in [-0.25, -0.2) is 5.10 Å². The van der Waals surface area contributed by atoms with Gasteiger partial charge in [0.2, 0.25) is 18.1 Å². The number of carbonyl (C=O) groups is 1. The van der Waals surface area contributed by atoms with Crippen molar-refractivity contribution >= 4 is 48.3 Å². The standard InChI is InChI=1S/C22H33ClN6O2.C20H31ClN2O2.C2H2N2.CH2O3.CH4.2K.H/c1-22(2,30-3)19-13-29(18(14-31-19)12-15-4-6-16(23)7-5-15)17-8-10-28(11-9-17)21-25-20(24)26-27-21;1-20(2,24-3)19-13-23(17-8-10-22-11-9-17)18(14-25-19)12-15-4-6-16(21)7-5-15;1-4-2-3;2-1-4-3;;;;/h4-7,17-19H,8-14H2,1-3H3,(H3,24,25,26,27);4-7,17-19,22H,8-14H2,1-3H3;1H2;1,3H;1H4;;;/q;;;;;2*+1;-1/p-1/t2*18?,19-;;;;;;/m11....../s1. The van der Waals surface area contributed by atoms with Crippen molar-refractivity contribution in [3.05, 3.63) is 69.7 Å². The molecule has 67 heavy (non-hydrogen) atoms. The fourth-order valence-electron chi connectivity index (χ4n) is 8.51. The average Bonchev–Trinajstić information content (AvgIpc) is 3.77. The number of ether oxygens (including phenoxy) is 4. The molecule has 4 fully saturated rings. The van der Waals surface area contributed by atoms with Crippen LogP contribution in [0.4, 0.5) is 11.9 Å². The second-order valence-electron chi connectivity index (χ2n) is 17.3. The van der Waals surface area contributed by atoms with E-state index in [9.17, 15) is 0 Å². The van der Waals surface area contributed by atoms with Crippen LogP contribution in [-0.2, 0) is 41.5 Å². The molecular weight excluding hydrogens is 954 g/mol. The van der Waals surface area contributed by atoms with E-state index in [1.165, 1.54) is 30.2 Å². The molecule has 17 nitrogen and oxygen atoms in total. The zero-order valence-corrected chi connectivity index (χ0v) is 47.8. The number of aliphatic imine (C=N–C) groups is 1. The minimum absolute atomic E-state index is 0. The number of methoxy groups -OCH3 is 2. The van der Waals surface area contributed by atoms with Crippen LogP contribution in [0, 0.1) is 11.5 Å². The molecule has 4 atom stereocenters. The van der Waals surface area contributed by atoms with E-state index in [0.29, 0.717) is 42.7 Å². The van der Waals surface area contributed by atoms with E-state index >= 15 is 0 Å². The van der Waals surface area contributed by atoms with E-state index < -0.39 is 0 Å². The van der Waals surface area contributed by atoms with Gasteiger partial charge in [-0.15, -0.1) is 5.10 Å². The molecule has 0 saturated carbocycles. The first-order valence-electron chi connectivity index (χ1n) is 21.7. The Morgan fingerprint density at radius 2 is 1.28 bits per heavy atom. The van der Waals surface area contributed by atoms with Gasteiger partial charge in [-0.05, 0) is 115 Å². The fraction of sp³-hybridized carbons (Fsp3) is 0.630. The largest absolute Gasteiger partial charge is 1.00 e. The van der Waals surface area contributed by atoms with Gasteiger partial charge in [-0.2, -0.15) is 15.2 Å². The zero-order chi connectivity index (χ0) is 46.7. The van der Waals surface area contributed by atoms with E-state index in [1.807, 2.05) is 24.3 Å². The van der Waals surface area contributed by atoms with E-state index in [-0.39, 0.29) is 142 Å². The summed E-state index contributed by atoms with van der Waals surface area (Å²) in [6.45, 7) is 18.4. The van der Waals surface area contributed by atoms with Crippen LogP contribution in [0.15, 0.2) is 53.5 Å². The van der Waals surface area contributed by atoms with E-state index in [1.54, 1.807) is 14.2 Å². The Balaban J connectivity index is 0.00000110. The third-order valence-electron chi connectivity index (χ3n) is 12.6. The number of nitrogens with two attached hydrogens (primary N) is 1. The number of morpholine rings is 2. The zero-order valence-electron chi connectivity index (χ0n) is 41.1. The first kappa shape index (κ1) is 64.4. The minimum atomic E-state index is -0.333. The van der Waals surface area contributed by atoms with Crippen molar-refractivity contribution in [3.8, 4) is 6.19 Å². The maximum Gasteiger partial charge on any atom is 1.00 e. The van der Waals surface area contributed by atoms with Crippen LogP contribution < -0.4 is 124 Å². The number of H-pyrrole nitrogens is 1. The number of anilines is 2. The normalized spacial score (nSPS) is 21.6. The molecule has 364 valence electrons. The number of rotatable bonds is 12. The van der Waals surface area contributed by atoms with Crippen LogP contribution in [-0.4, -0.2) is 152 Å². The maximum atomic E-state index is 8.64. The van der Waals surface area contributed by atoms with Gasteiger partial charge in [0.1, 0.15) is 0 Å². The molecule has 3 aromatic rings. The molecule has 2 aromatic carbocycles. The number of aromatic amines is 1. The Morgan fingerprint density at radius 3 is 1.63 bits per heavy atom. The average molecular weight is 1030 g/mol. The first-order valence-corrected chi connectivity index (χ1v) is 22.5. The van der Waals surface area contributed by atoms with Crippen LogP contribution in [0.5, 0.6) is 0 Å². The first-order chi connectivity index (χ1) is 30.7. The molecule has 0 radical (unpaired) electrons. The number of nitriles is 1. The third kappa shape index (κ3) is 20.8. The second kappa shape index (κ2) is 33.1. The second-order valence-corrected chi connectivity index (χ2v) is 18.2. The quantitative estimate of drug-likeness (QED) is 0.0509. The van der Waals surface area contributed by atoms with Crippen molar-refractivity contribution in [1.29, 1.82) is 5.26 Å². The molecule has 2 unspecified atom stereocenters. The van der Waals surface area contributed by atoms with Gasteiger partial charge in [0.05, 0.1) is 36.6 Å². The van der Waals surface area contributed by atoms with Gasteiger partial charge in [0, 0.05) is 81.3 Å². The van der Waals surface area contributed by atoms with Crippen molar-refractivity contribution in [2.75, 3.05) is 77.3 Å². The molecule has 4 saturated heterocycles. The minimum Gasteiger partial charge on any atom is -1.00 e. The van der Waals surface area contributed by atoms with Gasteiger partial charge in [0.25, 0.3) is 6.47 Å². The van der Waals surface area contributed by atoms with Crippen molar-refractivity contribution in [2.24, 2.45) is 4.99 Å². The topological polar surface area (TPSA) is 212 Å². The molecule has 4 N–H and O–H groups in total. The number of benzene rings is 2. The van der Waals surface area contributed by atoms with Crippen LogP contribution in [0.3, 0.4) is 0 Å². The van der Waals surface area contributed by atoms with Gasteiger partial charge >= 0.3 is 103 Å². The molecule has 0 aliphatic carbocycles. The fourth-order valence-corrected chi connectivity index (χ4v) is 8.76. The van der Waals surface area contributed by atoms with E-state index in [4.69, 9.17) is 63.2 Å². The van der Waals surface area contributed by atoms with Crippen LogP contribution >= 0.6 is 23.2 Å². The summed E-state index contributed by atoms with van der Waals surface area (Å²) in [7, 11) is 3.53. The summed E-state index contributed by atoms with van der Waals surface area (Å²) >= 11 is 12.1. The number of hydrogen-bond acceptors (Lipinski definition) is 16.